The van der Waals surface area contributed by atoms with Crippen LogP contribution in [0.5, 0.6) is 0 Å². The highest BCUT2D eigenvalue weighted by Crippen LogP contribution is 2.20. The van der Waals surface area contributed by atoms with Gasteiger partial charge >= 0.3 is 0 Å². The summed E-state index contributed by atoms with van der Waals surface area (Å²) in [7, 11) is 0. The predicted octanol–water partition coefficient (Wildman–Crippen LogP) is 2.83. The monoisotopic (exact) mass is 181 g/mol. The summed E-state index contributed by atoms with van der Waals surface area (Å²) in [6.07, 6.45) is 1.72. The third-order valence-electron chi connectivity index (χ3n) is 1.84. The zero-order valence-corrected chi connectivity index (χ0v) is 7.81. The first-order valence-electron chi connectivity index (χ1n) is 3.79. The van der Waals surface area contributed by atoms with Crippen LogP contribution in [0.2, 0.25) is 5.02 Å². The molecular weight excluding hydrogens is 170 g/mol. The molecule has 0 fully saturated rings. The van der Waals surface area contributed by atoms with Crippen LogP contribution in [0, 0.1) is 6.92 Å². The van der Waals surface area contributed by atoms with Crippen LogP contribution in [0.3, 0.4) is 0 Å². The van der Waals surface area contributed by atoms with Gasteiger partial charge in [-0.25, -0.2) is 0 Å². The minimum absolute atomic E-state index is 0.0951. The van der Waals surface area contributed by atoms with E-state index in [1.165, 1.54) is 0 Å². The second kappa shape index (κ2) is 3.74. The van der Waals surface area contributed by atoms with Crippen molar-refractivity contribution in [1.29, 1.82) is 0 Å². The molecule has 2 N–H and O–H groups in total. The molecule has 1 aromatic carbocycles. The lowest BCUT2D eigenvalue weighted by molar-refractivity contribution is 0.902. The standard InChI is InChI=1S/C10H12ClN/c1-3-10(12)9-5-4-8(11)6-7(9)2/h3-6,10H,1,12H2,2H3/t10-/m0/s1. The number of hydrogen-bond acceptors (Lipinski definition) is 1. The summed E-state index contributed by atoms with van der Waals surface area (Å²) in [5.74, 6) is 0. The van der Waals surface area contributed by atoms with Gasteiger partial charge in [-0.2, -0.15) is 0 Å². The van der Waals surface area contributed by atoms with Crippen LogP contribution < -0.4 is 5.73 Å². The number of aryl methyl sites for hydroxylation is 1. The van der Waals surface area contributed by atoms with Gasteiger partial charge in [0.1, 0.15) is 0 Å². The van der Waals surface area contributed by atoms with Crippen molar-refractivity contribution in [2.45, 2.75) is 13.0 Å². The molecule has 0 aliphatic carbocycles. The van der Waals surface area contributed by atoms with E-state index in [4.69, 9.17) is 17.3 Å². The fraction of sp³-hybridized carbons (Fsp3) is 0.200. The first kappa shape index (κ1) is 9.30. The van der Waals surface area contributed by atoms with Gasteiger partial charge in [-0.15, -0.1) is 6.58 Å². The Hall–Kier alpha value is -0.790. The van der Waals surface area contributed by atoms with Crippen LogP contribution in [0.1, 0.15) is 17.2 Å². The first-order valence-corrected chi connectivity index (χ1v) is 4.17. The van der Waals surface area contributed by atoms with E-state index in [2.05, 4.69) is 6.58 Å². The molecule has 0 spiro atoms. The van der Waals surface area contributed by atoms with Gasteiger partial charge in [0.25, 0.3) is 0 Å². The fourth-order valence-electron chi connectivity index (χ4n) is 1.14. The third-order valence-corrected chi connectivity index (χ3v) is 2.08. The smallest absolute Gasteiger partial charge is 0.0481 e. The molecule has 0 amide bonds. The number of hydrogen-bond donors (Lipinski definition) is 1. The minimum Gasteiger partial charge on any atom is -0.321 e. The summed E-state index contributed by atoms with van der Waals surface area (Å²) in [6.45, 7) is 5.63. The van der Waals surface area contributed by atoms with E-state index >= 15 is 0 Å². The summed E-state index contributed by atoms with van der Waals surface area (Å²) in [6, 6.07) is 5.58. The molecule has 12 heavy (non-hydrogen) atoms. The number of nitrogens with two attached hydrogens (primary N) is 1. The van der Waals surface area contributed by atoms with Crippen molar-refractivity contribution >= 4 is 11.6 Å². The molecule has 0 aromatic heterocycles. The molecule has 0 saturated heterocycles. The minimum atomic E-state index is -0.0951. The molecule has 0 aliphatic rings. The fourth-order valence-corrected chi connectivity index (χ4v) is 1.37. The molecule has 0 heterocycles. The Bertz CT molecular complexity index is 294. The number of rotatable bonds is 2. The van der Waals surface area contributed by atoms with E-state index in [-0.39, 0.29) is 6.04 Å². The lowest BCUT2D eigenvalue weighted by atomic mass is 10.0. The highest BCUT2D eigenvalue weighted by Gasteiger charge is 2.04. The topological polar surface area (TPSA) is 26.0 Å². The molecule has 1 atom stereocenters. The number of halogens is 1. The molecule has 0 radical (unpaired) electrons. The summed E-state index contributed by atoms with van der Waals surface area (Å²) in [4.78, 5) is 0. The maximum absolute atomic E-state index is 5.80. The van der Waals surface area contributed by atoms with Crippen LogP contribution in [0.4, 0.5) is 0 Å². The third kappa shape index (κ3) is 1.87. The molecule has 0 unspecified atom stereocenters. The summed E-state index contributed by atoms with van der Waals surface area (Å²) in [5.41, 5.74) is 7.97. The quantitative estimate of drug-likeness (QED) is 0.698. The maximum atomic E-state index is 5.80. The molecule has 64 valence electrons. The SMILES string of the molecule is C=C[C@H](N)c1ccc(Cl)cc1C. The van der Waals surface area contributed by atoms with Crippen LogP contribution in [-0.4, -0.2) is 0 Å². The Morgan fingerprint density at radius 3 is 2.75 bits per heavy atom. The van der Waals surface area contributed by atoms with Crippen molar-refractivity contribution in [3.05, 3.63) is 47.0 Å². The van der Waals surface area contributed by atoms with Gasteiger partial charge in [0.15, 0.2) is 0 Å². The Morgan fingerprint density at radius 2 is 2.25 bits per heavy atom. The van der Waals surface area contributed by atoms with Gasteiger partial charge in [-0.05, 0) is 30.2 Å². The van der Waals surface area contributed by atoms with E-state index in [1.807, 2.05) is 25.1 Å². The largest absolute Gasteiger partial charge is 0.321 e. The molecule has 1 rings (SSSR count). The van der Waals surface area contributed by atoms with Crippen LogP contribution >= 0.6 is 11.6 Å². The Morgan fingerprint density at radius 1 is 1.58 bits per heavy atom. The molecule has 0 saturated carbocycles. The van der Waals surface area contributed by atoms with E-state index in [9.17, 15) is 0 Å². The van der Waals surface area contributed by atoms with Crippen LogP contribution in [0.25, 0.3) is 0 Å². The maximum Gasteiger partial charge on any atom is 0.0481 e. The average Bonchev–Trinajstić information content (AvgIpc) is 2.03. The average molecular weight is 182 g/mol. The van der Waals surface area contributed by atoms with Crippen molar-refractivity contribution in [3.63, 3.8) is 0 Å². The Kier molecular flexibility index (Phi) is 2.90. The summed E-state index contributed by atoms with van der Waals surface area (Å²) < 4.78 is 0. The van der Waals surface area contributed by atoms with Gasteiger partial charge in [0, 0.05) is 11.1 Å². The van der Waals surface area contributed by atoms with Crippen molar-refractivity contribution < 1.29 is 0 Å². The van der Waals surface area contributed by atoms with E-state index in [0.717, 1.165) is 16.1 Å². The molecule has 1 nitrogen and oxygen atoms in total. The van der Waals surface area contributed by atoms with Crippen molar-refractivity contribution in [2.75, 3.05) is 0 Å². The zero-order valence-electron chi connectivity index (χ0n) is 7.05. The molecule has 2 heteroatoms. The van der Waals surface area contributed by atoms with Crippen LogP contribution in [0.15, 0.2) is 30.9 Å². The summed E-state index contributed by atoms with van der Waals surface area (Å²) in [5, 5.41) is 0.743. The Labute approximate surface area is 77.8 Å². The molecular formula is C10H12ClN. The Balaban J connectivity index is 3.09. The molecule has 1 aromatic rings. The zero-order chi connectivity index (χ0) is 9.14. The highest BCUT2D eigenvalue weighted by atomic mass is 35.5. The van der Waals surface area contributed by atoms with Gasteiger partial charge in [-0.1, -0.05) is 23.7 Å². The predicted molar refractivity (Wildman–Crippen MR) is 53.3 cm³/mol. The highest BCUT2D eigenvalue weighted by molar-refractivity contribution is 6.30. The molecule has 0 aliphatic heterocycles. The first-order chi connectivity index (χ1) is 5.65. The molecule has 0 bridgehead atoms. The van der Waals surface area contributed by atoms with Gasteiger partial charge < -0.3 is 5.73 Å². The number of benzene rings is 1. The van der Waals surface area contributed by atoms with E-state index in [1.54, 1.807) is 6.08 Å². The van der Waals surface area contributed by atoms with E-state index in [0.29, 0.717) is 0 Å². The summed E-state index contributed by atoms with van der Waals surface area (Å²) >= 11 is 5.80. The van der Waals surface area contributed by atoms with Crippen molar-refractivity contribution in [3.8, 4) is 0 Å². The van der Waals surface area contributed by atoms with Crippen LogP contribution in [-0.2, 0) is 0 Å². The van der Waals surface area contributed by atoms with Gasteiger partial charge in [0.05, 0.1) is 0 Å². The van der Waals surface area contributed by atoms with Crippen molar-refractivity contribution in [2.24, 2.45) is 5.73 Å². The van der Waals surface area contributed by atoms with E-state index < -0.39 is 0 Å². The lowest BCUT2D eigenvalue weighted by Gasteiger charge is -2.09. The van der Waals surface area contributed by atoms with Gasteiger partial charge in [0.2, 0.25) is 0 Å². The lowest BCUT2D eigenvalue weighted by Crippen LogP contribution is -2.07. The second-order valence-electron chi connectivity index (χ2n) is 2.76. The van der Waals surface area contributed by atoms with Crippen molar-refractivity contribution in [1.82, 2.24) is 0 Å². The second-order valence-corrected chi connectivity index (χ2v) is 3.20. The van der Waals surface area contributed by atoms with Gasteiger partial charge in [-0.3, -0.25) is 0 Å². The normalized spacial score (nSPS) is 12.6.